The van der Waals surface area contributed by atoms with Crippen LogP contribution in [0.25, 0.3) is 0 Å². The van der Waals surface area contributed by atoms with E-state index in [9.17, 15) is 4.79 Å². The monoisotopic (exact) mass is 238 g/mol. The molecule has 1 heterocycles. The Kier molecular flexibility index (Phi) is 5.77. The molecule has 2 N–H and O–H groups in total. The molecule has 4 heteroatoms. The fraction of sp³-hybridized carbons (Fsp3) is 0.615. The molecule has 0 bridgehead atoms. The van der Waals surface area contributed by atoms with Crippen LogP contribution < -0.4 is 5.73 Å². The Morgan fingerprint density at radius 3 is 2.88 bits per heavy atom. The lowest BCUT2D eigenvalue weighted by Gasteiger charge is -2.17. The summed E-state index contributed by atoms with van der Waals surface area (Å²) in [6, 6.07) is 3.71. The van der Waals surface area contributed by atoms with Crippen molar-refractivity contribution in [3.63, 3.8) is 0 Å². The van der Waals surface area contributed by atoms with Gasteiger partial charge in [-0.15, -0.1) is 0 Å². The average Bonchev–Trinajstić information content (AvgIpc) is 2.79. The van der Waals surface area contributed by atoms with Crippen molar-refractivity contribution in [2.24, 2.45) is 11.7 Å². The molecule has 1 amide bonds. The summed E-state index contributed by atoms with van der Waals surface area (Å²) in [5, 5.41) is 0. The number of carbonyl (C=O) groups excluding carboxylic acids is 1. The summed E-state index contributed by atoms with van der Waals surface area (Å²) in [5.41, 5.74) is 5.48. The molecule has 1 aromatic heterocycles. The molecule has 1 unspecified atom stereocenters. The van der Waals surface area contributed by atoms with Gasteiger partial charge < -0.3 is 15.1 Å². The van der Waals surface area contributed by atoms with Crippen LogP contribution in [0.1, 0.15) is 31.9 Å². The maximum Gasteiger partial charge on any atom is 0.222 e. The summed E-state index contributed by atoms with van der Waals surface area (Å²) in [4.78, 5) is 13.5. The number of nitrogens with two attached hydrogens (primary N) is 1. The number of furan rings is 1. The molecule has 0 radical (unpaired) electrons. The summed E-state index contributed by atoms with van der Waals surface area (Å²) < 4.78 is 5.21. The molecule has 1 aromatic rings. The predicted molar refractivity (Wildman–Crippen MR) is 67.3 cm³/mol. The lowest BCUT2D eigenvalue weighted by Crippen LogP contribution is -2.26. The van der Waals surface area contributed by atoms with E-state index in [-0.39, 0.29) is 5.91 Å². The van der Waals surface area contributed by atoms with Crippen LogP contribution in [0.5, 0.6) is 0 Å². The largest absolute Gasteiger partial charge is 0.467 e. The molecule has 0 saturated heterocycles. The third-order valence-electron chi connectivity index (χ3n) is 2.91. The fourth-order valence-electron chi connectivity index (χ4n) is 1.71. The van der Waals surface area contributed by atoms with Crippen molar-refractivity contribution in [1.82, 2.24) is 4.90 Å². The van der Waals surface area contributed by atoms with Gasteiger partial charge >= 0.3 is 0 Å². The van der Waals surface area contributed by atoms with Crippen LogP contribution >= 0.6 is 0 Å². The third-order valence-corrected chi connectivity index (χ3v) is 2.91. The molecule has 0 aromatic carbocycles. The van der Waals surface area contributed by atoms with Crippen LogP contribution in [0.3, 0.4) is 0 Å². The molecule has 1 rings (SSSR count). The van der Waals surface area contributed by atoms with E-state index in [0.717, 1.165) is 18.6 Å². The Morgan fingerprint density at radius 2 is 2.29 bits per heavy atom. The summed E-state index contributed by atoms with van der Waals surface area (Å²) in [6.45, 7) is 3.36. The quantitative estimate of drug-likeness (QED) is 0.790. The van der Waals surface area contributed by atoms with Gasteiger partial charge in [-0.25, -0.2) is 0 Å². The maximum absolute atomic E-state index is 11.8. The highest BCUT2D eigenvalue weighted by Crippen LogP contribution is 2.11. The number of amides is 1. The standard InChI is InChI=1S/C13H22N2O2/c1-11(7-8-14)5-6-13(16)15(2)10-12-4-3-9-17-12/h3-4,9,11H,5-8,10,14H2,1-2H3. The van der Waals surface area contributed by atoms with Crippen LogP contribution in [0, 0.1) is 5.92 Å². The molecular weight excluding hydrogens is 216 g/mol. The number of rotatable bonds is 7. The van der Waals surface area contributed by atoms with Gasteiger partial charge in [-0.3, -0.25) is 4.79 Å². The highest BCUT2D eigenvalue weighted by Gasteiger charge is 2.12. The van der Waals surface area contributed by atoms with Gasteiger partial charge in [0.25, 0.3) is 0 Å². The molecule has 1 atom stereocenters. The number of carbonyl (C=O) groups is 1. The van der Waals surface area contributed by atoms with Crippen molar-refractivity contribution in [2.45, 2.75) is 32.7 Å². The first-order chi connectivity index (χ1) is 8.13. The lowest BCUT2D eigenvalue weighted by molar-refractivity contribution is -0.130. The Bertz CT molecular complexity index is 322. The number of nitrogens with zero attached hydrogens (tertiary/aromatic N) is 1. The van der Waals surface area contributed by atoms with Crippen molar-refractivity contribution in [2.75, 3.05) is 13.6 Å². The smallest absolute Gasteiger partial charge is 0.222 e. The van der Waals surface area contributed by atoms with Crippen molar-refractivity contribution < 1.29 is 9.21 Å². The Hall–Kier alpha value is -1.29. The second-order valence-corrected chi connectivity index (χ2v) is 4.55. The predicted octanol–water partition coefficient (Wildman–Crippen LogP) is 2.00. The first-order valence-corrected chi connectivity index (χ1v) is 6.10. The molecule has 17 heavy (non-hydrogen) atoms. The zero-order valence-electron chi connectivity index (χ0n) is 10.7. The van der Waals surface area contributed by atoms with Crippen molar-refractivity contribution in [3.8, 4) is 0 Å². The lowest BCUT2D eigenvalue weighted by atomic mass is 10.0. The summed E-state index contributed by atoms with van der Waals surface area (Å²) in [7, 11) is 1.80. The van der Waals surface area contributed by atoms with Gasteiger partial charge in [-0.05, 0) is 37.4 Å². The SMILES string of the molecule is CC(CCN)CCC(=O)N(C)Cc1ccco1. The van der Waals surface area contributed by atoms with E-state index in [0.29, 0.717) is 25.4 Å². The van der Waals surface area contributed by atoms with E-state index in [1.807, 2.05) is 12.1 Å². The minimum absolute atomic E-state index is 0.158. The molecule has 96 valence electrons. The van der Waals surface area contributed by atoms with Crippen molar-refractivity contribution in [3.05, 3.63) is 24.2 Å². The molecule has 4 nitrogen and oxygen atoms in total. The molecule has 0 aliphatic carbocycles. The normalized spacial score (nSPS) is 12.4. The average molecular weight is 238 g/mol. The summed E-state index contributed by atoms with van der Waals surface area (Å²) >= 11 is 0. The zero-order chi connectivity index (χ0) is 12.7. The van der Waals surface area contributed by atoms with Gasteiger partial charge in [-0.1, -0.05) is 6.92 Å². The maximum atomic E-state index is 11.8. The topological polar surface area (TPSA) is 59.5 Å². The zero-order valence-corrected chi connectivity index (χ0v) is 10.7. The minimum atomic E-state index is 0.158. The van der Waals surface area contributed by atoms with E-state index in [1.165, 1.54) is 0 Å². The molecule has 0 aliphatic heterocycles. The first-order valence-electron chi connectivity index (χ1n) is 6.10. The van der Waals surface area contributed by atoms with Crippen molar-refractivity contribution in [1.29, 1.82) is 0 Å². The second kappa shape index (κ2) is 7.12. The van der Waals surface area contributed by atoms with E-state index in [2.05, 4.69) is 6.92 Å². The van der Waals surface area contributed by atoms with Crippen LogP contribution in [0.4, 0.5) is 0 Å². The number of hydrogen-bond acceptors (Lipinski definition) is 3. The number of hydrogen-bond donors (Lipinski definition) is 1. The molecule has 0 fully saturated rings. The Balaban J connectivity index is 2.27. The van der Waals surface area contributed by atoms with Crippen LogP contribution in [-0.4, -0.2) is 24.4 Å². The van der Waals surface area contributed by atoms with E-state index in [4.69, 9.17) is 10.2 Å². The van der Waals surface area contributed by atoms with E-state index < -0.39 is 0 Å². The molecule has 0 saturated carbocycles. The van der Waals surface area contributed by atoms with Gasteiger partial charge in [0, 0.05) is 13.5 Å². The minimum Gasteiger partial charge on any atom is -0.467 e. The molecular formula is C13H22N2O2. The van der Waals surface area contributed by atoms with Gasteiger partial charge in [0.05, 0.1) is 12.8 Å². The Labute approximate surface area is 103 Å². The first kappa shape index (κ1) is 13.8. The van der Waals surface area contributed by atoms with E-state index >= 15 is 0 Å². The highest BCUT2D eigenvalue weighted by molar-refractivity contribution is 5.75. The van der Waals surface area contributed by atoms with Gasteiger partial charge in [0.1, 0.15) is 5.76 Å². The summed E-state index contributed by atoms with van der Waals surface area (Å²) in [6.07, 6.45) is 4.09. The van der Waals surface area contributed by atoms with E-state index in [1.54, 1.807) is 18.2 Å². The second-order valence-electron chi connectivity index (χ2n) is 4.55. The van der Waals surface area contributed by atoms with Crippen LogP contribution in [0.2, 0.25) is 0 Å². The fourth-order valence-corrected chi connectivity index (χ4v) is 1.71. The molecule has 0 aliphatic rings. The third kappa shape index (κ3) is 5.04. The Morgan fingerprint density at radius 1 is 1.53 bits per heavy atom. The van der Waals surface area contributed by atoms with Gasteiger partial charge in [-0.2, -0.15) is 0 Å². The van der Waals surface area contributed by atoms with Gasteiger partial charge in [0.2, 0.25) is 5.91 Å². The summed E-state index contributed by atoms with van der Waals surface area (Å²) in [5.74, 6) is 1.49. The van der Waals surface area contributed by atoms with Crippen LogP contribution in [-0.2, 0) is 11.3 Å². The highest BCUT2D eigenvalue weighted by atomic mass is 16.3. The van der Waals surface area contributed by atoms with Crippen molar-refractivity contribution >= 4 is 5.91 Å². The van der Waals surface area contributed by atoms with Gasteiger partial charge in [0.15, 0.2) is 0 Å². The van der Waals surface area contributed by atoms with Crippen LogP contribution in [0.15, 0.2) is 22.8 Å². The molecule has 0 spiro atoms.